The zero-order valence-corrected chi connectivity index (χ0v) is 15.1. The molecule has 132 valence electrons. The van der Waals surface area contributed by atoms with Crippen molar-refractivity contribution in [2.75, 3.05) is 0 Å². The van der Waals surface area contributed by atoms with E-state index in [2.05, 4.69) is 20.8 Å². The Labute approximate surface area is 144 Å². The summed E-state index contributed by atoms with van der Waals surface area (Å²) in [7, 11) is 0. The molecule has 0 aliphatic heterocycles. The van der Waals surface area contributed by atoms with Crippen molar-refractivity contribution in [3.63, 3.8) is 0 Å². The zero-order valence-electron chi connectivity index (χ0n) is 15.1. The molecule has 0 amide bonds. The third-order valence-corrected chi connectivity index (χ3v) is 8.40. The smallest absolute Gasteiger partial charge is 0.178 e. The van der Waals surface area contributed by atoms with Crippen LogP contribution in [-0.2, 0) is 4.79 Å². The lowest BCUT2D eigenvalue weighted by atomic mass is 9.46. The maximum Gasteiger partial charge on any atom is 0.178 e. The first kappa shape index (κ1) is 16.5. The fraction of sp³-hybridized carbons (Fsp3) is 0.762. The number of hydrogen-bond donors (Lipinski definition) is 2. The van der Waals surface area contributed by atoms with Crippen LogP contribution in [0.2, 0.25) is 0 Å². The van der Waals surface area contributed by atoms with Crippen LogP contribution >= 0.6 is 0 Å². The van der Waals surface area contributed by atoms with Gasteiger partial charge in [-0.3, -0.25) is 4.79 Å². The number of fused-ring (bicyclic) bond motifs is 5. The van der Waals surface area contributed by atoms with Gasteiger partial charge in [0.15, 0.2) is 5.78 Å². The first-order chi connectivity index (χ1) is 11.2. The zero-order chi connectivity index (χ0) is 17.3. The first-order valence-electron chi connectivity index (χ1n) is 9.60. The molecule has 7 atom stereocenters. The second-order valence-corrected chi connectivity index (χ2v) is 9.14. The Morgan fingerprint density at radius 1 is 1.29 bits per heavy atom. The fourth-order valence-corrected chi connectivity index (χ4v) is 7.00. The average Bonchev–Trinajstić information content (AvgIpc) is 2.79. The van der Waals surface area contributed by atoms with Gasteiger partial charge in [-0.15, -0.1) is 0 Å². The van der Waals surface area contributed by atoms with E-state index in [0.29, 0.717) is 18.3 Å². The van der Waals surface area contributed by atoms with Crippen molar-refractivity contribution in [3.8, 4) is 0 Å². The number of aliphatic hydroxyl groups is 2. The van der Waals surface area contributed by atoms with Gasteiger partial charge in [0.05, 0.1) is 11.7 Å². The minimum absolute atomic E-state index is 0.0808. The van der Waals surface area contributed by atoms with Gasteiger partial charge in [0.2, 0.25) is 0 Å². The minimum atomic E-state index is -0.640. The van der Waals surface area contributed by atoms with E-state index in [4.69, 9.17) is 0 Å². The van der Waals surface area contributed by atoms with E-state index in [1.165, 1.54) is 5.57 Å². The molecule has 0 bridgehead atoms. The molecule has 2 N–H and O–H groups in total. The molecule has 4 aliphatic carbocycles. The highest BCUT2D eigenvalue weighted by Gasteiger charge is 2.65. The molecule has 0 heterocycles. The molecule has 4 aliphatic rings. The molecule has 3 nitrogen and oxygen atoms in total. The van der Waals surface area contributed by atoms with Gasteiger partial charge in [0.25, 0.3) is 0 Å². The van der Waals surface area contributed by atoms with Gasteiger partial charge in [-0.2, -0.15) is 0 Å². The molecule has 3 fully saturated rings. The summed E-state index contributed by atoms with van der Waals surface area (Å²) in [6.45, 7) is 6.48. The molecule has 0 radical (unpaired) electrons. The standard InChI is InChI=1S/C21H30O3/c1-4-21(24)10-8-16-15-6-5-13-11-14(22)7-9-19(13,2)18(15)17(23)12-20(16,21)3/h7,9,11,15-18,23-24H,4-6,8,10,12H2,1-3H3. The highest BCUT2D eigenvalue weighted by molar-refractivity contribution is 6.01. The van der Waals surface area contributed by atoms with Gasteiger partial charge >= 0.3 is 0 Å². The Morgan fingerprint density at radius 3 is 2.75 bits per heavy atom. The van der Waals surface area contributed by atoms with Crippen LogP contribution in [0.1, 0.15) is 59.3 Å². The van der Waals surface area contributed by atoms with Crippen LogP contribution in [0.15, 0.2) is 23.8 Å². The van der Waals surface area contributed by atoms with Gasteiger partial charge in [-0.05, 0) is 62.5 Å². The molecule has 0 spiro atoms. The van der Waals surface area contributed by atoms with Crippen LogP contribution in [0.5, 0.6) is 0 Å². The maximum atomic E-state index is 11.8. The van der Waals surface area contributed by atoms with Crippen molar-refractivity contribution in [3.05, 3.63) is 23.8 Å². The lowest BCUT2D eigenvalue weighted by Gasteiger charge is -2.60. The van der Waals surface area contributed by atoms with Crippen molar-refractivity contribution in [1.82, 2.24) is 0 Å². The summed E-state index contributed by atoms with van der Waals surface area (Å²) in [6, 6.07) is 0. The number of hydrogen-bond acceptors (Lipinski definition) is 3. The van der Waals surface area contributed by atoms with Crippen molar-refractivity contribution in [1.29, 1.82) is 0 Å². The summed E-state index contributed by atoms with van der Waals surface area (Å²) >= 11 is 0. The van der Waals surface area contributed by atoms with E-state index in [1.807, 2.05) is 6.08 Å². The summed E-state index contributed by atoms with van der Waals surface area (Å²) in [5.74, 6) is 1.15. The predicted molar refractivity (Wildman–Crippen MR) is 93.2 cm³/mol. The second-order valence-electron chi connectivity index (χ2n) is 9.14. The number of carbonyl (C=O) groups is 1. The van der Waals surface area contributed by atoms with Gasteiger partial charge < -0.3 is 10.2 Å². The van der Waals surface area contributed by atoms with Crippen LogP contribution in [0.4, 0.5) is 0 Å². The summed E-state index contributed by atoms with van der Waals surface area (Å²) in [4.78, 5) is 11.8. The van der Waals surface area contributed by atoms with E-state index in [1.54, 1.807) is 12.2 Å². The number of carbonyl (C=O) groups excluding carboxylic acids is 1. The number of aliphatic hydroxyl groups excluding tert-OH is 1. The maximum absolute atomic E-state index is 11.8. The molecule has 3 heteroatoms. The van der Waals surface area contributed by atoms with Crippen molar-refractivity contribution in [2.45, 2.75) is 71.0 Å². The highest BCUT2D eigenvalue weighted by atomic mass is 16.3. The first-order valence-corrected chi connectivity index (χ1v) is 9.60. The number of allylic oxidation sites excluding steroid dienone is 4. The SMILES string of the molecule is CCC1(O)CCC2C3CCC4=CC(=O)C=CC4(C)C3C(O)CC21C. The summed E-state index contributed by atoms with van der Waals surface area (Å²) in [5, 5.41) is 22.4. The van der Waals surface area contributed by atoms with Gasteiger partial charge in [-0.25, -0.2) is 0 Å². The molecular formula is C21H30O3. The third-order valence-electron chi connectivity index (χ3n) is 8.40. The molecule has 3 saturated carbocycles. The Hall–Kier alpha value is -0.930. The minimum Gasteiger partial charge on any atom is -0.393 e. The van der Waals surface area contributed by atoms with Crippen LogP contribution in [0, 0.1) is 28.6 Å². The quantitative estimate of drug-likeness (QED) is 0.775. The Balaban J connectivity index is 1.75. The predicted octanol–water partition coefficient (Wildman–Crippen LogP) is 3.41. The van der Waals surface area contributed by atoms with E-state index in [0.717, 1.165) is 32.1 Å². The van der Waals surface area contributed by atoms with Gasteiger partial charge in [0.1, 0.15) is 0 Å². The topological polar surface area (TPSA) is 57.5 Å². The summed E-state index contributed by atoms with van der Waals surface area (Å²) in [6.07, 6.45) is 10.4. The summed E-state index contributed by atoms with van der Waals surface area (Å²) in [5.41, 5.74) is 0.167. The second kappa shape index (κ2) is 5.04. The Bertz CT molecular complexity index is 635. The van der Waals surface area contributed by atoms with Crippen LogP contribution in [-0.4, -0.2) is 27.7 Å². The number of ketones is 1. The van der Waals surface area contributed by atoms with Crippen LogP contribution in [0.3, 0.4) is 0 Å². The van der Waals surface area contributed by atoms with E-state index in [-0.39, 0.29) is 22.5 Å². The monoisotopic (exact) mass is 330 g/mol. The largest absolute Gasteiger partial charge is 0.393 e. The Morgan fingerprint density at radius 2 is 2.04 bits per heavy atom. The van der Waals surface area contributed by atoms with Crippen molar-refractivity contribution in [2.24, 2.45) is 28.6 Å². The van der Waals surface area contributed by atoms with E-state index >= 15 is 0 Å². The molecule has 0 aromatic carbocycles. The molecule has 24 heavy (non-hydrogen) atoms. The van der Waals surface area contributed by atoms with Gasteiger partial charge in [0, 0.05) is 16.7 Å². The molecule has 0 saturated heterocycles. The van der Waals surface area contributed by atoms with Crippen molar-refractivity contribution < 1.29 is 15.0 Å². The van der Waals surface area contributed by atoms with Crippen LogP contribution in [0.25, 0.3) is 0 Å². The van der Waals surface area contributed by atoms with Crippen LogP contribution < -0.4 is 0 Å². The number of rotatable bonds is 1. The van der Waals surface area contributed by atoms with Gasteiger partial charge in [-0.1, -0.05) is 32.4 Å². The highest BCUT2D eigenvalue weighted by Crippen LogP contribution is 2.67. The molecular weight excluding hydrogens is 300 g/mol. The van der Waals surface area contributed by atoms with Crippen molar-refractivity contribution >= 4 is 5.78 Å². The fourth-order valence-electron chi connectivity index (χ4n) is 7.00. The lowest BCUT2D eigenvalue weighted by molar-refractivity contribution is -0.164. The summed E-state index contributed by atoms with van der Waals surface area (Å²) < 4.78 is 0. The third kappa shape index (κ3) is 1.89. The average molecular weight is 330 g/mol. The molecule has 0 aromatic rings. The molecule has 0 aromatic heterocycles. The lowest BCUT2D eigenvalue weighted by Crippen LogP contribution is -2.59. The van der Waals surface area contributed by atoms with E-state index in [9.17, 15) is 15.0 Å². The van der Waals surface area contributed by atoms with E-state index < -0.39 is 11.7 Å². The molecule has 4 rings (SSSR count). The molecule has 7 unspecified atom stereocenters. The Kier molecular flexibility index (Phi) is 3.48. The normalized spacial score (nSPS) is 53.2.